The second-order valence-corrected chi connectivity index (χ2v) is 6.69. The molecule has 2 aromatic rings. The molecule has 30 heavy (non-hydrogen) atoms. The number of carbonyl (C=O) groups is 5. The zero-order valence-electron chi connectivity index (χ0n) is 15.5. The molecule has 2 aromatic carbocycles. The average molecular weight is 430 g/mol. The van der Waals surface area contributed by atoms with E-state index in [1.165, 1.54) is 48.5 Å². The number of anilines is 1. The van der Waals surface area contributed by atoms with Crippen LogP contribution >= 0.6 is 11.6 Å². The van der Waals surface area contributed by atoms with Gasteiger partial charge in [0.25, 0.3) is 11.8 Å². The molecule has 1 aliphatic heterocycles. The Hall–Kier alpha value is -3.72. The van der Waals surface area contributed by atoms with Gasteiger partial charge in [0.05, 0.1) is 11.3 Å². The van der Waals surface area contributed by atoms with E-state index in [1.54, 1.807) is 0 Å². The van der Waals surface area contributed by atoms with Crippen LogP contribution < -0.4 is 15.8 Å². The Morgan fingerprint density at radius 2 is 1.60 bits per heavy atom. The second-order valence-electron chi connectivity index (χ2n) is 6.26. The Morgan fingerprint density at radius 3 is 2.27 bits per heavy atom. The maximum atomic E-state index is 12.2. The Morgan fingerprint density at radius 1 is 0.933 bits per heavy atom. The molecule has 0 spiro atoms. The summed E-state index contributed by atoms with van der Waals surface area (Å²) in [6.07, 6.45) is 0.241. The van der Waals surface area contributed by atoms with Gasteiger partial charge in [0, 0.05) is 23.4 Å². The van der Waals surface area contributed by atoms with Crippen molar-refractivity contribution in [3.8, 4) is 0 Å². The maximum absolute atomic E-state index is 12.2. The molecule has 3 rings (SSSR count). The van der Waals surface area contributed by atoms with E-state index >= 15 is 0 Å². The van der Waals surface area contributed by atoms with Crippen LogP contribution in [0.2, 0.25) is 5.02 Å². The van der Waals surface area contributed by atoms with Crippen molar-refractivity contribution in [1.29, 1.82) is 0 Å². The monoisotopic (exact) mass is 429 g/mol. The van der Waals surface area contributed by atoms with Gasteiger partial charge in [-0.3, -0.25) is 34.9 Å². The van der Waals surface area contributed by atoms with Crippen LogP contribution in [0.25, 0.3) is 0 Å². The summed E-state index contributed by atoms with van der Waals surface area (Å²) in [5.74, 6) is -2.84. The number of benzene rings is 2. The van der Waals surface area contributed by atoms with Crippen LogP contribution in [-0.4, -0.2) is 36.2 Å². The van der Waals surface area contributed by atoms with Crippen LogP contribution in [0, 0.1) is 0 Å². The fourth-order valence-corrected chi connectivity index (χ4v) is 2.81. The molecule has 10 heteroatoms. The van der Waals surface area contributed by atoms with Crippen LogP contribution in [0.4, 0.5) is 5.69 Å². The number of carbonyl (C=O) groups excluding carboxylic acids is 5. The first kappa shape index (κ1) is 21.0. The number of hydrogen-bond donors (Lipinski definition) is 2. The van der Waals surface area contributed by atoms with E-state index in [1.807, 2.05) is 0 Å². The topological polar surface area (TPSA) is 122 Å². The van der Waals surface area contributed by atoms with Crippen molar-refractivity contribution in [2.24, 2.45) is 0 Å². The summed E-state index contributed by atoms with van der Waals surface area (Å²) in [6.45, 7) is -0.647. The highest BCUT2D eigenvalue weighted by Gasteiger charge is 2.30. The van der Waals surface area contributed by atoms with Crippen molar-refractivity contribution in [3.05, 3.63) is 64.7 Å². The van der Waals surface area contributed by atoms with Gasteiger partial charge >= 0.3 is 5.97 Å². The van der Waals surface area contributed by atoms with Gasteiger partial charge in [0.1, 0.15) is 0 Å². The molecule has 2 N–H and O–H groups in total. The van der Waals surface area contributed by atoms with Crippen LogP contribution in [0.3, 0.4) is 0 Å². The number of amides is 4. The van der Waals surface area contributed by atoms with Crippen LogP contribution in [0.15, 0.2) is 48.5 Å². The first-order valence-corrected chi connectivity index (χ1v) is 9.20. The summed E-state index contributed by atoms with van der Waals surface area (Å²) in [7, 11) is 0. The van der Waals surface area contributed by atoms with E-state index in [-0.39, 0.29) is 41.5 Å². The third kappa shape index (κ3) is 5.00. The summed E-state index contributed by atoms with van der Waals surface area (Å²) in [6, 6.07) is 11.8. The van der Waals surface area contributed by atoms with Crippen LogP contribution in [0.1, 0.15) is 33.6 Å². The molecule has 4 amide bonds. The number of nitrogens with zero attached hydrogens (tertiary/aromatic N) is 1. The highest BCUT2D eigenvalue weighted by Crippen LogP contribution is 2.23. The molecular weight excluding hydrogens is 414 g/mol. The molecule has 9 nitrogen and oxygen atoms in total. The minimum atomic E-state index is -0.824. The van der Waals surface area contributed by atoms with Gasteiger partial charge in [-0.05, 0) is 42.5 Å². The van der Waals surface area contributed by atoms with E-state index in [2.05, 4.69) is 10.9 Å². The third-order valence-corrected chi connectivity index (χ3v) is 4.40. The first-order chi connectivity index (χ1) is 14.3. The third-order valence-electron chi connectivity index (χ3n) is 4.15. The van der Waals surface area contributed by atoms with E-state index in [4.69, 9.17) is 16.3 Å². The lowest BCUT2D eigenvalue weighted by atomic mass is 10.2. The van der Waals surface area contributed by atoms with Crippen molar-refractivity contribution in [2.75, 3.05) is 11.5 Å². The quantitative estimate of drug-likeness (QED) is 0.423. The molecular formula is C20H16ClN3O6. The van der Waals surface area contributed by atoms with Gasteiger partial charge in [-0.2, -0.15) is 0 Å². The zero-order valence-corrected chi connectivity index (χ0v) is 16.3. The molecule has 154 valence electrons. The molecule has 1 aliphatic rings. The van der Waals surface area contributed by atoms with E-state index in [0.717, 1.165) is 4.90 Å². The summed E-state index contributed by atoms with van der Waals surface area (Å²) < 4.78 is 4.91. The Labute approximate surface area is 175 Å². The van der Waals surface area contributed by atoms with Crippen LogP contribution in [0.5, 0.6) is 0 Å². The normalized spacial score (nSPS) is 13.2. The minimum Gasteiger partial charge on any atom is -0.452 e. The van der Waals surface area contributed by atoms with Crippen molar-refractivity contribution in [3.63, 3.8) is 0 Å². The lowest BCUT2D eigenvalue weighted by Gasteiger charge is -2.14. The molecule has 0 aromatic heterocycles. The van der Waals surface area contributed by atoms with E-state index in [9.17, 15) is 24.0 Å². The van der Waals surface area contributed by atoms with Gasteiger partial charge < -0.3 is 4.74 Å². The van der Waals surface area contributed by atoms with Gasteiger partial charge in [-0.1, -0.05) is 17.7 Å². The molecule has 1 saturated heterocycles. The lowest BCUT2D eigenvalue weighted by Crippen LogP contribution is -2.43. The molecule has 0 atom stereocenters. The number of halogens is 1. The van der Waals surface area contributed by atoms with Gasteiger partial charge in [0.15, 0.2) is 6.61 Å². The predicted molar refractivity (Wildman–Crippen MR) is 106 cm³/mol. The first-order valence-electron chi connectivity index (χ1n) is 8.83. The lowest BCUT2D eigenvalue weighted by molar-refractivity contribution is -0.125. The van der Waals surface area contributed by atoms with Crippen molar-refractivity contribution < 1.29 is 28.7 Å². The average Bonchev–Trinajstić information content (AvgIpc) is 3.08. The number of nitrogens with one attached hydrogen (secondary N) is 2. The smallest absolute Gasteiger partial charge is 0.338 e. The van der Waals surface area contributed by atoms with Gasteiger partial charge in [-0.25, -0.2) is 4.79 Å². The van der Waals surface area contributed by atoms with Crippen LogP contribution in [-0.2, 0) is 19.1 Å². The molecule has 0 radical (unpaired) electrons. The SMILES string of the molecule is O=C(COC(=O)c1cccc(N2C(=O)CCC2=O)c1)NNC(=O)c1ccc(Cl)cc1. The zero-order chi connectivity index (χ0) is 21.7. The van der Waals surface area contributed by atoms with E-state index in [0.29, 0.717) is 5.02 Å². The summed E-state index contributed by atoms with van der Waals surface area (Å²) in [4.78, 5) is 60.5. The second kappa shape index (κ2) is 9.19. The van der Waals surface area contributed by atoms with Gasteiger partial charge in [0.2, 0.25) is 11.8 Å². The maximum Gasteiger partial charge on any atom is 0.338 e. The number of hydrogen-bond acceptors (Lipinski definition) is 6. The highest BCUT2D eigenvalue weighted by molar-refractivity contribution is 6.30. The number of ether oxygens (including phenoxy) is 1. The summed E-state index contributed by atoms with van der Waals surface area (Å²) in [5.41, 5.74) is 4.91. The molecule has 0 unspecified atom stereocenters. The Balaban J connectivity index is 1.51. The van der Waals surface area contributed by atoms with Gasteiger partial charge in [-0.15, -0.1) is 0 Å². The molecule has 0 saturated carbocycles. The largest absolute Gasteiger partial charge is 0.452 e. The fourth-order valence-electron chi connectivity index (χ4n) is 2.69. The number of rotatable bonds is 5. The molecule has 0 aliphatic carbocycles. The Kier molecular flexibility index (Phi) is 6.43. The van der Waals surface area contributed by atoms with Crippen molar-refractivity contribution >= 4 is 46.9 Å². The van der Waals surface area contributed by atoms with Crippen molar-refractivity contribution in [2.45, 2.75) is 12.8 Å². The summed E-state index contributed by atoms with van der Waals surface area (Å²) in [5, 5.41) is 0.463. The number of esters is 1. The standard InChI is InChI=1S/C20H16ClN3O6/c21-14-6-4-12(5-7-14)19(28)23-22-16(25)11-30-20(29)13-2-1-3-15(10-13)24-17(26)8-9-18(24)27/h1-7,10H,8-9,11H2,(H,22,25)(H,23,28). The number of imide groups is 1. The Bertz CT molecular complexity index is 1010. The summed E-state index contributed by atoms with van der Waals surface area (Å²) >= 11 is 5.74. The fraction of sp³-hybridized carbons (Fsp3) is 0.150. The van der Waals surface area contributed by atoms with Crippen molar-refractivity contribution in [1.82, 2.24) is 10.9 Å². The van der Waals surface area contributed by atoms with E-state index < -0.39 is 24.4 Å². The molecule has 0 bridgehead atoms. The molecule has 1 fully saturated rings. The predicted octanol–water partition coefficient (Wildman–Crippen LogP) is 1.61. The number of hydrazine groups is 1. The minimum absolute atomic E-state index is 0.0676. The molecule has 1 heterocycles. The highest BCUT2D eigenvalue weighted by atomic mass is 35.5.